The van der Waals surface area contributed by atoms with Gasteiger partial charge in [-0.25, -0.2) is 0 Å². The first-order valence-corrected chi connectivity index (χ1v) is 4.59. The van der Waals surface area contributed by atoms with Crippen molar-refractivity contribution in [3.05, 3.63) is 0 Å². The van der Waals surface area contributed by atoms with Crippen molar-refractivity contribution >= 4 is 6.21 Å². The molecule has 0 atom stereocenters. The van der Waals surface area contributed by atoms with Crippen LogP contribution in [0.5, 0.6) is 0 Å². The van der Waals surface area contributed by atoms with E-state index in [1.165, 1.54) is 25.7 Å². The molecule has 1 fully saturated rings. The van der Waals surface area contributed by atoms with Crippen molar-refractivity contribution < 1.29 is 4.84 Å². The van der Waals surface area contributed by atoms with E-state index in [4.69, 9.17) is 4.84 Å². The Hall–Kier alpha value is -0.530. The molecular formula is C9H17NO. The number of rotatable bonds is 5. The maximum atomic E-state index is 5.05. The third-order valence-corrected chi connectivity index (χ3v) is 2.09. The van der Waals surface area contributed by atoms with E-state index in [0.29, 0.717) is 0 Å². The summed E-state index contributed by atoms with van der Waals surface area (Å²) in [6.07, 6.45) is 8.23. The number of oxime groups is 1. The minimum absolute atomic E-state index is 0.719. The third-order valence-electron chi connectivity index (χ3n) is 2.09. The minimum Gasteiger partial charge on any atom is -0.396 e. The predicted molar refractivity (Wildman–Crippen MR) is 46.7 cm³/mol. The number of unbranched alkanes of at least 4 members (excludes halogenated alkanes) is 1. The Morgan fingerprint density at radius 1 is 1.55 bits per heavy atom. The molecule has 0 unspecified atom stereocenters. The monoisotopic (exact) mass is 155 g/mol. The fraction of sp³-hybridized carbons (Fsp3) is 0.889. The number of hydrogen-bond donors (Lipinski definition) is 0. The van der Waals surface area contributed by atoms with Gasteiger partial charge >= 0.3 is 0 Å². The third kappa shape index (κ3) is 3.40. The van der Waals surface area contributed by atoms with Crippen LogP contribution in [0.15, 0.2) is 5.16 Å². The lowest BCUT2D eigenvalue weighted by Gasteiger charge is -2.19. The van der Waals surface area contributed by atoms with Crippen molar-refractivity contribution in [2.45, 2.75) is 39.0 Å². The second kappa shape index (κ2) is 5.16. The predicted octanol–water partition coefficient (Wildman–Crippen LogP) is 2.59. The van der Waals surface area contributed by atoms with Gasteiger partial charge in [0.25, 0.3) is 0 Å². The molecule has 0 aromatic heterocycles. The molecule has 11 heavy (non-hydrogen) atoms. The van der Waals surface area contributed by atoms with Crippen molar-refractivity contribution in [2.24, 2.45) is 11.1 Å². The highest BCUT2D eigenvalue weighted by Crippen LogP contribution is 2.23. The van der Waals surface area contributed by atoms with Crippen LogP contribution in [-0.2, 0) is 4.84 Å². The second-order valence-corrected chi connectivity index (χ2v) is 3.13. The maximum Gasteiger partial charge on any atom is 0.117 e. The van der Waals surface area contributed by atoms with E-state index in [0.717, 1.165) is 18.9 Å². The van der Waals surface area contributed by atoms with Crippen molar-refractivity contribution in [3.63, 3.8) is 0 Å². The molecule has 1 aliphatic rings. The van der Waals surface area contributed by atoms with Gasteiger partial charge in [-0.3, -0.25) is 0 Å². The molecule has 0 aromatic carbocycles. The molecule has 0 N–H and O–H groups in total. The van der Waals surface area contributed by atoms with Crippen LogP contribution >= 0.6 is 0 Å². The maximum absolute atomic E-state index is 5.05. The zero-order valence-electron chi connectivity index (χ0n) is 7.25. The van der Waals surface area contributed by atoms with E-state index in [1.807, 2.05) is 6.21 Å². The molecule has 0 radical (unpaired) electrons. The second-order valence-electron chi connectivity index (χ2n) is 3.13. The lowest BCUT2D eigenvalue weighted by molar-refractivity contribution is 0.140. The molecule has 1 rings (SSSR count). The minimum atomic E-state index is 0.719. The first-order valence-electron chi connectivity index (χ1n) is 4.59. The van der Waals surface area contributed by atoms with Crippen LogP contribution in [0.4, 0.5) is 0 Å². The summed E-state index contributed by atoms with van der Waals surface area (Å²) in [6, 6.07) is 0. The van der Waals surface area contributed by atoms with Gasteiger partial charge in [-0.1, -0.05) is 24.9 Å². The highest BCUT2D eigenvalue weighted by atomic mass is 16.6. The van der Waals surface area contributed by atoms with E-state index in [2.05, 4.69) is 12.1 Å². The van der Waals surface area contributed by atoms with Gasteiger partial charge in [-0.05, 0) is 25.2 Å². The van der Waals surface area contributed by atoms with Crippen molar-refractivity contribution in [3.8, 4) is 0 Å². The Bertz CT molecular complexity index is 119. The average Bonchev–Trinajstić information content (AvgIpc) is 1.93. The van der Waals surface area contributed by atoms with Crippen LogP contribution in [0, 0.1) is 5.92 Å². The summed E-state index contributed by atoms with van der Waals surface area (Å²) >= 11 is 0. The highest BCUT2D eigenvalue weighted by molar-refractivity contribution is 5.60. The SMILES string of the molecule is CCCCON=CC1CCC1. The van der Waals surface area contributed by atoms with E-state index in [1.54, 1.807) is 0 Å². The summed E-state index contributed by atoms with van der Waals surface area (Å²) in [4.78, 5) is 5.05. The Balaban J connectivity index is 1.88. The molecule has 2 heteroatoms. The van der Waals surface area contributed by atoms with Crippen LogP contribution in [0.25, 0.3) is 0 Å². The molecule has 0 amide bonds. The van der Waals surface area contributed by atoms with Crippen LogP contribution in [-0.4, -0.2) is 12.8 Å². The lowest BCUT2D eigenvalue weighted by Crippen LogP contribution is -2.11. The summed E-state index contributed by atoms with van der Waals surface area (Å²) in [5.41, 5.74) is 0. The smallest absolute Gasteiger partial charge is 0.117 e. The van der Waals surface area contributed by atoms with Crippen molar-refractivity contribution in [1.29, 1.82) is 0 Å². The number of hydrogen-bond acceptors (Lipinski definition) is 2. The zero-order chi connectivity index (χ0) is 7.94. The van der Waals surface area contributed by atoms with Gasteiger partial charge < -0.3 is 4.84 Å². The molecule has 0 saturated heterocycles. The van der Waals surface area contributed by atoms with E-state index < -0.39 is 0 Å². The Morgan fingerprint density at radius 3 is 2.91 bits per heavy atom. The summed E-state index contributed by atoms with van der Waals surface area (Å²) in [6.45, 7) is 2.93. The Kier molecular flexibility index (Phi) is 4.02. The molecule has 1 saturated carbocycles. The standard InChI is InChI=1S/C9H17NO/c1-2-3-7-11-10-8-9-5-4-6-9/h8-9H,2-7H2,1H3. The highest BCUT2D eigenvalue weighted by Gasteiger charge is 2.14. The van der Waals surface area contributed by atoms with Gasteiger partial charge in [-0.15, -0.1) is 0 Å². The molecule has 0 aromatic rings. The van der Waals surface area contributed by atoms with E-state index >= 15 is 0 Å². The van der Waals surface area contributed by atoms with Crippen LogP contribution in [0.2, 0.25) is 0 Å². The summed E-state index contributed by atoms with van der Waals surface area (Å²) in [5, 5.41) is 3.91. The van der Waals surface area contributed by atoms with Gasteiger partial charge in [0.2, 0.25) is 0 Å². The molecular weight excluding hydrogens is 138 g/mol. The topological polar surface area (TPSA) is 21.6 Å². The molecule has 2 nitrogen and oxygen atoms in total. The fourth-order valence-corrected chi connectivity index (χ4v) is 0.980. The summed E-state index contributed by atoms with van der Waals surface area (Å²) < 4.78 is 0. The largest absolute Gasteiger partial charge is 0.396 e. The molecule has 64 valence electrons. The van der Waals surface area contributed by atoms with E-state index in [-0.39, 0.29) is 0 Å². The van der Waals surface area contributed by atoms with Crippen LogP contribution in [0.1, 0.15) is 39.0 Å². The molecule has 0 bridgehead atoms. The average molecular weight is 155 g/mol. The summed E-state index contributed by atoms with van der Waals surface area (Å²) in [5.74, 6) is 0.719. The first-order chi connectivity index (χ1) is 5.43. The lowest BCUT2D eigenvalue weighted by atomic mass is 9.87. The molecule has 1 aliphatic carbocycles. The Morgan fingerprint density at radius 2 is 2.36 bits per heavy atom. The normalized spacial score (nSPS) is 18.6. The quantitative estimate of drug-likeness (QED) is 0.340. The summed E-state index contributed by atoms with van der Waals surface area (Å²) in [7, 11) is 0. The first kappa shape index (κ1) is 8.57. The number of nitrogens with zero attached hydrogens (tertiary/aromatic N) is 1. The van der Waals surface area contributed by atoms with Crippen LogP contribution < -0.4 is 0 Å². The van der Waals surface area contributed by atoms with E-state index in [9.17, 15) is 0 Å². The van der Waals surface area contributed by atoms with Gasteiger partial charge in [0.1, 0.15) is 6.61 Å². The van der Waals surface area contributed by atoms with Crippen molar-refractivity contribution in [1.82, 2.24) is 0 Å². The zero-order valence-corrected chi connectivity index (χ0v) is 7.25. The van der Waals surface area contributed by atoms with Crippen LogP contribution in [0.3, 0.4) is 0 Å². The Labute approximate surface area is 68.6 Å². The van der Waals surface area contributed by atoms with Gasteiger partial charge in [0.15, 0.2) is 0 Å². The molecule has 0 spiro atoms. The van der Waals surface area contributed by atoms with Gasteiger partial charge in [0, 0.05) is 6.21 Å². The molecule has 0 aliphatic heterocycles. The fourth-order valence-electron chi connectivity index (χ4n) is 0.980. The van der Waals surface area contributed by atoms with Gasteiger partial charge in [-0.2, -0.15) is 0 Å². The van der Waals surface area contributed by atoms with Gasteiger partial charge in [0.05, 0.1) is 0 Å². The van der Waals surface area contributed by atoms with Crippen molar-refractivity contribution in [2.75, 3.05) is 6.61 Å². The molecule has 0 heterocycles.